The van der Waals surface area contributed by atoms with Gasteiger partial charge in [-0.05, 0) is 42.0 Å². The molecule has 0 spiro atoms. The predicted molar refractivity (Wildman–Crippen MR) is 84.3 cm³/mol. The molecule has 22 heavy (non-hydrogen) atoms. The van der Waals surface area contributed by atoms with Gasteiger partial charge in [0.05, 0.1) is 12.5 Å². The molecule has 0 N–H and O–H groups in total. The number of carbonyl (C=O) groups is 1. The summed E-state index contributed by atoms with van der Waals surface area (Å²) in [6.45, 7) is 1.12. The van der Waals surface area contributed by atoms with Crippen molar-refractivity contribution in [3.8, 4) is 11.5 Å². The number of rotatable bonds is 3. The number of thiophene rings is 1. The molecule has 0 radical (unpaired) electrons. The first-order chi connectivity index (χ1) is 10.8. The van der Waals surface area contributed by atoms with Gasteiger partial charge >= 0.3 is 0 Å². The van der Waals surface area contributed by atoms with Crippen LogP contribution in [0.4, 0.5) is 0 Å². The Morgan fingerprint density at radius 1 is 1.27 bits per heavy atom. The molecule has 4 rings (SSSR count). The summed E-state index contributed by atoms with van der Waals surface area (Å²) in [7, 11) is 0. The van der Waals surface area contributed by atoms with Gasteiger partial charge in [0.2, 0.25) is 12.7 Å². The number of amides is 1. The molecule has 1 amide bonds. The number of hydrogen-bond acceptors (Lipinski definition) is 4. The van der Waals surface area contributed by atoms with E-state index in [1.54, 1.807) is 11.3 Å². The highest BCUT2D eigenvalue weighted by atomic mass is 32.1. The Kier molecular flexibility index (Phi) is 3.50. The predicted octanol–water partition coefficient (Wildman–Crippen LogP) is 3.38. The zero-order valence-electron chi connectivity index (χ0n) is 12.2. The number of ether oxygens (including phenoxy) is 2. The van der Waals surface area contributed by atoms with Gasteiger partial charge in [-0.15, -0.1) is 11.3 Å². The third-order valence-electron chi connectivity index (χ3n) is 4.26. The number of nitrogens with zero attached hydrogens (tertiary/aromatic N) is 1. The van der Waals surface area contributed by atoms with Crippen LogP contribution in [0.25, 0.3) is 0 Å². The number of likely N-dealkylation sites (tertiary alicyclic amines) is 1. The molecule has 4 nitrogen and oxygen atoms in total. The van der Waals surface area contributed by atoms with E-state index in [9.17, 15) is 4.79 Å². The quantitative estimate of drug-likeness (QED) is 0.871. The Labute approximate surface area is 133 Å². The van der Waals surface area contributed by atoms with Crippen LogP contribution in [0.2, 0.25) is 0 Å². The third-order valence-corrected chi connectivity index (χ3v) is 5.14. The lowest BCUT2D eigenvalue weighted by Gasteiger charge is -2.25. The Morgan fingerprint density at radius 3 is 3.05 bits per heavy atom. The monoisotopic (exact) mass is 315 g/mol. The average Bonchev–Trinajstić information content (AvgIpc) is 3.27. The Bertz CT molecular complexity index is 683. The summed E-state index contributed by atoms with van der Waals surface area (Å²) in [4.78, 5) is 15.7. The second-order valence-electron chi connectivity index (χ2n) is 5.61. The standard InChI is InChI=1S/C17H17NO3S/c19-17(10-13-3-2-8-22-13)18-7-1-4-14(18)12-5-6-15-16(9-12)21-11-20-15/h2-3,5-6,8-9,14H,1,4,7,10-11H2/t14-/m0/s1. The fourth-order valence-corrected chi connectivity index (χ4v) is 3.89. The summed E-state index contributed by atoms with van der Waals surface area (Å²) in [6.07, 6.45) is 2.56. The van der Waals surface area contributed by atoms with Gasteiger partial charge in [0.15, 0.2) is 11.5 Å². The summed E-state index contributed by atoms with van der Waals surface area (Å²) < 4.78 is 10.8. The highest BCUT2D eigenvalue weighted by Crippen LogP contribution is 2.39. The van der Waals surface area contributed by atoms with Gasteiger partial charge in [0.25, 0.3) is 0 Å². The highest BCUT2D eigenvalue weighted by molar-refractivity contribution is 7.10. The maximum absolute atomic E-state index is 12.6. The van der Waals surface area contributed by atoms with Gasteiger partial charge in [-0.2, -0.15) is 0 Å². The molecule has 2 aliphatic rings. The van der Waals surface area contributed by atoms with Gasteiger partial charge in [-0.3, -0.25) is 4.79 Å². The van der Waals surface area contributed by atoms with Crippen molar-refractivity contribution in [2.75, 3.05) is 13.3 Å². The normalized spacial score (nSPS) is 19.6. The van der Waals surface area contributed by atoms with E-state index in [4.69, 9.17) is 9.47 Å². The van der Waals surface area contributed by atoms with E-state index in [1.165, 1.54) is 0 Å². The highest BCUT2D eigenvalue weighted by Gasteiger charge is 2.31. The summed E-state index contributed by atoms with van der Waals surface area (Å²) >= 11 is 1.64. The minimum atomic E-state index is 0.155. The number of hydrogen-bond donors (Lipinski definition) is 0. The zero-order chi connectivity index (χ0) is 14.9. The van der Waals surface area contributed by atoms with Crippen molar-refractivity contribution >= 4 is 17.2 Å². The van der Waals surface area contributed by atoms with Crippen LogP contribution in [0.1, 0.15) is 29.3 Å². The van der Waals surface area contributed by atoms with E-state index in [1.807, 2.05) is 34.5 Å². The van der Waals surface area contributed by atoms with Crippen LogP contribution in [-0.4, -0.2) is 24.1 Å². The van der Waals surface area contributed by atoms with E-state index in [0.29, 0.717) is 6.42 Å². The van der Waals surface area contributed by atoms with Crippen LogP contribution in [0, 0.1) is 0 Å². The van der Waals surface area contributed by atoms with E-state index >= 15 is 0 Å². The second-order valence-corrected chi connectivity index (χ2v) is 6.65. The molecule has 1 saturated heterocycles. The molecule has 2 aliphatic heterocycles. The molecule has 5 heteroatoms. The van der Waals surface area contributed by atoms with Crippen LogP contribution in [0.3, 0.4) is 0 Å². The van der Waals surface area contributed by atoms with Crippen molar-refractivity contribution in [1.82, 2.24) is 4.90 Å². The molecule has 1 aromatic heterocycles. The smallest absolute Gasteiger partial charge is 0.231 e. The second kappa shape index (κ2) is 5.65. The fraction of sp³-hybridized carbons (Fsp3) is 0.353. The minimum absolute atomic E-state index is 0.155. The molecule has 2 aromatic rings. The molecule has 114 valence electrons. The van der Waals surface area contributed by atoms with Crippen molar-refractivity contribution in [3.63, 3.8) is 0 Å². The maximum atomic E-state index is 12.6. The third kappa shape index (κ3) is 2.46. The minimum Gasteiger partial charge on any atom is -0.454 e. The first-order valence-corrected chi connectivity index (χ1v) is 8.40. The van der Waals surface area contributed by atoms with Crippen molar-refractivity contribution in [3.05, 3.63) is 46.2 Å². The van der Waals surface area contributed by atoms with Crippen LogP contribution in [-0.2, 0) is 11.2 Å². The molecule has 1 fully saturated rings. The Balaban J connectivity index is 1.54. The number of fused-ring (bicyclic) bond motifs is 1. The molecule has 3 heterocycles. The lowest BCUT2D eigenvalue weighted by molar-refractivity contribution is -0.131. The summed E-state index contributed by atoms with van der Waals surface area (Å²) in [6, 6.07) is 10.2. The Morgan fingerprint density at radius 2 is 2.18 bits per heavy atom. The largest absolute Gasteiger partial charge is 0.454 e. The van der Waals surface area contributed by atoms with Crippen LogP contribution in [0.15, 0.2) is 35.7 Å². The fourth-order valence-electron chi connectivity index (χ4n) is 3.20. The topological polar surface area (TPSA) is 38.8 Å². The van der Waals surface area contributed by atoms with E-state index < -0.39 is 0 Å². The van der Waals surface area contributed by atoms with Gasteiger partial charge in [0.1, 0.15) is 0 Å². The molecule has 1 aromatic carbocycles. The van der Waals surface area contributed by atoms with Crippen LogP contribution >= 0.6 is 11.3 Å². The van der Waals surface area contributed by atoms with Crippen molar-refractivity contribution < 1.29 is 14.3 Å². The maximum Gasteiger partial charge on any atom is 0.231 e. The molecule has 0 saturated carbocycles. The van der Waals surface area contributed by atoms with Crippen LogP contribution in [0.5, 0.6) is 11.5 Å². The van der Waals surface area contributed by atoms with Gasteiger partial charge in [-0.25, -0.2) is 0 Å². The molecule has 0 aliphatic carbocycles. The van der Waals surface area contributed by atoms with E-state index in [-0.39, 0.29) is 18.7 Å². The van der Waals surface area contributed by atoms with Gasteiger partial charge in [0, 0.05) is 11.4 Å². The first kappa shape index (κ1) is 13.6. The van der Waals surface area contributed by atoms with Crippen molar-refractivity contribution in [2.45, 2.75) is 25.3 Å². The van der Waals surface area contributed by atoms with Gasteiger partial charge in [-0.1, -0.05) is 12.1 Å². The van der Waals surface area contributed by atoms with E-state index in [0.717, 1.165) is 41.3 Å². The molecule has 0 bridgehead atoms. The molecular weight excluding hydrogens is 298 g/mol. The lowest BCUT2D eigenvalue weighted by Crippen LogP contribution is -2.31. The average molecular weight is 315 g/mol. The molecule has 0 unspecified atom stereocenters. The van der Waals surface area contributed by atoms with Crippen molar-refractivity contribution in [2.24, 2.45) is 0 Å². The molecular formula is C17H17NO3S. The Hall–Kier alpha value is -2.01. The lowest BCUT2D eigenvalue weighted by atomic mass is 10.0. The summed E-state index contributed by atoms with van der Waals surface area (Å²) in [5.41, 5.74) is 1.14. The van der Waals surface area contributed by atoms with Crippen LogP contribution < -0.4 is 9.47 Å². The molecule has 1 atom stereocenters. The van der Waals surface area contributed by atoms with Gasteiger partial charge < -0.3 is 14.4 Å². The zero-order valence-corrected chi connectivity index (χ0v) is 13.0. The SMILES string of the molecule is O=C(Cc1cccs1)N1CCC[C@H]1c1ccc2c(c1)OCO2. The first-order valence-electron chi connectivity index (χ1n) is 7.52. The van der Waals surface area contributed by atoms with E-state index in [2.05, 4.69) is 6.07 Å². The summed E-state index contributed by atoms with van der Waals surface area (Å²) in [5.74, 6) is 1.79. The van der Waals surface area contributed by atoms with Crippen molar-refractivity contribution in [1.29, 1.82) is 0 Å². The number of carbonyl (C=O) groups excluding carboxylic acids is 1. The number of benzene rings is 1. The summed E-state index contributed by atoms with van der Waals surface area (Å²) in [5, 5.41) is 2.02.